The summed E-state index contributed by atoms with van der Waals surface area (Å²) in [5, 5.41) is 3.10. The van der Waals surface area contributed by atoms with Gasteiger partial charge in [0.05, 0.1) is 10.0 Å². The lowest BCUT2D eigenvalue weighted by Gasteiger charge is -2.08. The van der Waals surface area contributed by atoms with Crippen LogP contribution in [0.15, 0.2) is 22.7 Å². The van der Waals surface area contributed by atoms with Crippen molar-refractivity contribution in [3.63, 3.8) is 0 Å². The maximum atomic E-state index is 13.6. The van der Waals surface area contributed by atoms with Crippen LogP contribution < -0.4 is 5.32 Å². The van der Waals surface area contributed by atoms with Gasteiger partial charge in [0.25, 0.3) is 0 Å². The molecule has 1 aliphatic heterocycles. The molecule has 1 aromatic rings. The molecular weight excluding hydrogens is 261 g/mol. The lowest BCUT2D eigenvalue weighted by atomic mass is 9.97. The number of rotatable bonds is 2. The van der Waals surface area contributed by atoms with Gasteiger partial charge in [-0.3, -0.25) is 4.79 Å². The Morgan fingerprint density at radius 2 is 2.33 bits per heavy atom. The van der Waals surface area contributed by atoms with Gasteiger partial charge in [0.1, 0.15) is 5.82 Å². The Balaban J connectivity index is 2.28. The second-order valence-electron chi connectivity index (χ2n) is 3.66. The van der Waals surface area contributed by atoms with E-state index in [1.54, 1.807) is 18.2 Å². The van der Waals surface area contributed by atoms with Gasteiger partial charge in [-0.05, 0) is 41.0 Å². The van der Waals surface area contributed by atoms with E-state index in [0.29, 0.717) is 11.0 Å². The molecule has 1 atom stereocenters. The van der Waals surface area contributed by atoms with E-state index in [1.807, 2.05) is 0 Å². The van der Waals surface area contributed by atoms with Crippen molar-refractivity contribution in [2.24, 2.45) is 5.92 Å². The zero-order valence-electron chi connectivity index (χ0n) is 8.09. The molecule has 15 heavy (non-hydrogen) atoms. The Bertz CT molecular complexity index is 388. The topological polar surface area (TPSA) is 29.1 Å². The fourth-order valence-corrected chi connectivity index (χ4v) is 2.16. The Morgan fingerprint density at radius 1 is 1.53 bits per heavy atom. The van der Waals surface area contributed by atoms with Crippen LogP contribution in [0.25, 0.3) is 0 Å². The number of ketones is 1. The minimum absolute atomic E-state index is 0.0752. The zero-order chi connectivity index (χ0) is 10.8. The number of carbonyl (C=O) groups is 1. The van der Waals surface area contributed by atoms with E-state index in [-0.39, 0.29) is 17.3 Å². The highest BCUT2D eigenvalue weighted by molar-refractivity contribution is 9.10. The molecule has 80 valence electrons. The van der Waals surface area contributed by atoms with Gasteiger partial charge in [-0.1, -0.05) is 6.07 Å². The third-order valence-corrected chi connectivity index (χ3v) is 3.26. The van der Waals surface area contributed by atoms with Crippen LogP contribution in [0.5, 0.6) is 0 Å². The molecule has 0 aliphatic carbocycles. The SMILES string of the molecule is O=C(c1cccc(Br)c1F)C1CCNC1. The summed E-state index contributed by atoms with van der Waals surface area (Å²) in [7, 11) is 0. The van der Waals surface area contributed by atoms with E-state index >= 15 is 0 Å². The molecule has 1 aliphatic rings. The van der Waals surface area contributed by atoms with Gasteiger partial charge in [-0.2, -0.15) is 0 Å². The molecule has 0 aromatic heterocycles. The van der Waals surface area contributed by atoms with E-state index in [9.17, 15) is 9.18 Å². The van der Waals surface area contributed by atoms with Gasteiger partial charge in [0.15, 0.2) is 5.78 Å². The minimum atomic E-state index is -0.450. The van der Waals surface area contributed by atoms with Crippen LogP contribution in [0, 0.1) is 11.7 Å². The Hall–Kier alpha value is -0.740. The van der Waals surface area contributed by atoms with Crippen LogP contribution in [0.3, 0.4) is 0 Å². The second-order valence-corrected chi connectivity index (χ2v) is 4.51. The molecular formula is C11H11BrFNO. The smallest absolute Gasteiger partial charge is 0.170 e. The van der Waals surface area contributed by atoms with Crippen LogP contribution in [-0.2, 0) is 0 Å². The van der Waals surface area contributed by atoms with Gasteiger partial charge >= 0.3 is 0 Å². The van der Waals surface area contributed by atoms with E-state index in [4.69, 9.17) is 0 Å². The summed E-state index contributed by atoms with van der Waals surface area (Å²) < 4.78 is 14.0. The van der Waals surface area contributed by atoms with Crippen LogP contribution >= 0.6 is 15.9 Å². The molecule has 1 N–H and O–H groups in total. The quantitative estimate of drug-likeness (QED) is 0.837. The van der Waals surface area contributed by atoms with Gasteiger partial charge in [0, 0.05) is 12.5 Å². The van der Waals surface area contributed by atoms with Crippen molar-refractivity contribution in [3.05, 3.63) is 34.1 Å². The van der Waals surface area contributed by atoms with E-state index < -0.39 is 5.82 Å². The van der Waals surface area contributed by atoms with Crippen molar-refractivity contribution >= 4 is 21.7 Å². The minimum Gasteiger partial charge on any atom is -0.316 e. The molecule has 0 saturated carbocycles. The van der Waals surface area contributed by atoms with Gasteiger partial charge in [-0.25, -0.2) is 4.39 Å². The van der Waals surface area contributed by atoms with Crippen molar-refractivity contribution in [2.45, 2.75) is 6.42 Å². The highest BCUT2D eigenvalue weighted by Crippen LogP contribution is 2.22. The first-order valence-corrected chi connectivity index (χ1v) is 5.68. The number of hydrogen-bond acceptors (Lipinski definition) is 2. The summed E-state index contributed by atoms with van der Waals surface area (Å²) in [4.78, 5) is 11.9. The number of Topliss-reactive ketones (excluding diaryl/α,β-unsaturated/α-hetero) is 1. The van der Waals surface area contributed by atoms with Crippen LogP contribution in [0.4, 0.5) is 4.39 Å². The fraction of sp³-hybridized carbons (Fsp3) is 0.364. The Labute approximate surface area is 96.0 Å². The average Bonchev–Trinajstić information content (AvgIpc) is 2.74. The molecule has 0 spiro atoms. The molecule has 0 amide bonds. The monoisotopic (exact) mass is 271 g/mol. The number of nitrogens with one attached hydrogen (secondary N) is 1. The van der Waals surface area contributed by atoms with Crippen molar-refractivity contribution in [1.82, 2.24) is 5.32 Å². The number of halogens is 2. The molecule has 1 fully saturated rings. The summed E-state index contributed by atoms with van der Waals surface area (Å²) in [5.74, 6) is -0.623. The van der Waals surface area contributed by atoms with Crippen molar-refractivity contribution in [2.75, 3.05) is 13.1 Å². The van der Waals surface area contributed by atoms with E-state index in [0.717, 1.165) is 13.0 Å². The number of hydrogen-bond donors (Lipinski definition) is 1. The average molecular weight is 272 g/mol. The molecule has 1 unspecified atom stereocenters. The standard InChI is InChI=1S/C11H11BrFNO/c12-9-3-1-2-8(10(9)13)11(15)7-4-5-14-6-7/h1-3,7,14H,4-6H2. The largest absolute Gasteiger partial charge is 0.316 e. The van der Waals surface area contributed by atoms with Crippen molar-refractivity contribution in [1.29, 1.82) is 0 Å². The lowest BCUT2D eigenvalue weighted by molar-refractivity contribution is 0.0926. The first-order valence-electron chi connectivity index (χ1n) is 4.89. The molecule has 2 nitrogen and oxygen atoms in total. The molecule has 0 radical (unpaired) electrons. The lowest BCUT2D eigenvalue weighted by Crippen LogP contribution is -2.19. The first-order chi connectivity index (χ1) is 7.20. The van der Waals surface area contributed by atoms with Gasteiger partial charge < -0.3 is 5.32 Å². The third-order valence-electron chi connectivity index (χ3n) is 2.65. The first kappa shape index (κ1) is 10.8. The predicted molar refractivity (Wildman–Crippen MR) is 59.4 cm³/mol. The second kappa shape index (κ2) is 4.41. The molecule has 4 heteroatoms. The van der Waals surface area contributed by atoms with E-state index in [1.165, 1.54) is 0 Å². The normalized spacial score (nSPS) is 20.5. The van der Waals surface area contributed by atoms with E-state index in [2.05, 4.69) is 21.2 Å². The number of benzene rings is 1. The molecule has 2 rings (SSSR count). The summed E-state index contributed by atoms with van der Waals surface area (Å²) in [5.41, 5.74) is 0.193. The highest BCUT2D eigenvalue weighted by atomic mass is 79.9. The maximum Gasteiger partial charge on any atom is 0.170 e. The summed E-state index contributed by atoms with van der Waals surface area (Å²) in [6.07, 6.45) is 0.796. The van der Waals surface area contributed by atoms with Gasteiger partial charge in [0.2, 0.25) is 0 Å². The summed E-state index contributed by atoms with van der Waals surface area (Å²) in [6, 6.07) is 4.82. The molecule has 0 bridgehead atoms. The molecule has 1 saturated heterocycles. The third kappa shape index (κ3) is 2.11. The van der Waals surface area contributed by atoms with Crippen LogP contribution in [0.1, 0.15) is 16.8 Å². The number of carbonyl (C=O) groups excluding carboxylic acids is 1. The van der Waals surface area contributed by atoms with Crippen LogP contribution in [0.2, 0.25) is 0 Å². The van der Waals surface area contributed by atoms with Crippen molar-refractivity contribution in [3.8, 4) is 0 Å². The predicted octanol–water partition coefficient (Wildman–Crippen LogP) is 2.38. The fourth-order valence-electron chi connectivity index (χ4n) is 1.79. The van der Waals surface area contributed by atoms with Crippen molar-refractivity contribution < 1.29 is 9.18 Å². The van der Waals surface area contributed by atoms with Gasteiger partial charge in [-0.15, -0.1) is 0 Å². The molecule has 1 aromatic carbocycles. The molecule has 1 heterocycles. The summed E-state index contributed by atoms with van der Waals surface area (Å²) >= 11 is 3.08. The highest BCUT2D eigenvalue weighted by Gasteiger charge is 2.26. The Kier molecular flexibility index (Phi) is 3.17. The van der Waals surface area contributed by atoms with Crippen LogP contribution in [-0.4, -0.2) is 18.9 Å². The Morgan fingerprint density at radius 3 is 3.00 bits per heavy atom. The zero-order valence-corrected chi connectivity index (χ0v) is 9.68. The maximum absolute atomic E-state index is 13.6. The summed E-state index contributed by atoms with van der Waals surface area (Å²) in [6.45, 7) is 1.50.